The predicted octanol–water partition coefficient (Wildman–Crippen LogP) is 4.52. The molecule has 4 aromatic rings. The third-order valence-corrected chi connectivity index (χ3v) is 8.02. The minimum absolute atomic E-state index is 0.216. The molecule has 0 aliphatic heterocycles. The van der Waals surface area contributed by atoms with Gasteiger partial charge in [0.05, 0.1) is 17.6 Å². The molecule has 2 aromatic heterocycles. The summed E-state index contributed by atoms with van der Waals surface area (Å²) in [5, 5.41) is 3.41. The average molecular weight is 542 g/mol. The first-order valence-corrected chi connectivity index (χ1v) is 14.0. The third-order valence-electron chi connectivity index (χ3n) is 6.77. The van der Waals surface area contributed by atoms with Crippen LogP contribution in [-0.4, -0.2) is 59.4 Å². The Labute approximate surface area is 219 Å². The van der Waals surface area contributed by atoms with Gasteiger partial charge in [-0.15, -0.1) is 0 Å². The van der Waals surface area contributed by atoms with E-state index < -0.39 is 27.4 Å². The van der Waals surface area contributed by atoms with Crippen LogP contribution in [0.1, 0.15) is 31.2 Å². The topological polar surface area (TPSA) is 116 Å². The van der Waals surface area contributed by atoms with Crippen LogP contribution in [0.5, 0.6) is 0 Å². The molecule has 1 aliphatic rings. The number of hydrogen-bond donors (Lipinski definition) is 3. The number of rotatable bonds is 8. The minimum atomic E-state index is -3.95. The van der Waals surface area contributed by atoms with Gasteiger partial charge < -0.3 is 15.2 Å². The van der Waals surface area contributed by atoms with Gasteiger partial charge in [0.15, 0.2) is 5.65 Å². The zero-order valence-electron chi connectivity index (χ0n) is 21.1. The molecule has 2 aromatic carbocycles. The first-order valence-electron chi connectivity index (χ1n) is 12.4. The van der Waals surface area contributed by atoms with Crippen molar-refractivity contribution in [1.29, 1.82) is 0 Å². The molecule has 1 aliphatic carbocycles. The zero-order valence-corrected chi connectivity index (χ0v) is 21.9. The summed E-state index contributed by atoms with van der Waals surface area (Å²) >= 11 is 0. The lowest BCUT2D eigenvalue weighted by atomic mass is 9.91. The van der Waals surface area contributed by atoms with Crippen LogP contribution in [0.3, 0.4) is 0 Å². The van der Waals surface area contributed by atoms with E-state index in [1.165, 1.54) is 42.5 Å². The molecule has 200 valence electrons. The van der Waals surface area contributed by atoms with E-state index in [1.807, 2.05) is 0 Å². The van der Waals surface area contributed by atoms with Crippen LogP contribution < -0.4 is 10.0 Å². The Balaban J connectivity index is 1.31. The summed E-state index contributed by atoms with van der Waals surface area (Å²) in [5.41, 5.74) is 1.68. The van der Waals surface area contributed by atoms with Crippen LogP contribution >= 0.6 is 0 Å². The van der Waals surface area contributed by atoms with Crippen LogP contribution in [0.25, 0.3) is 22.6 Å². The molecule has 1 fully saturated rings. The lowest BCUT2D eigenvalue weighted by Gasteiger charge is -2.32. The zero-order chi connectivity index (χ0) is 26.9. The summed E-state index contributed by atoms with van der Waals surface area (Å²) in [4.78, 5) is 18.8. The lowest BCUT2D eigenvalue weighted by molar-refractivity contribution is 0.221. The maximum absolute atomic E-state index is 14.5. The highest BCUT2D eigenvalue weighted by atomic mass is 32.2. The Morgan fingerprint density at radius 1 is 1.03 bits per heavy atom. The Bertz CT molecular complexity index is 1530. The van der Waals surface area contributed by atoms with Crippen molar-refractivity contribution in [3.8, 4) is 11.4 Å². The van der Waals surface area contributed by atoms with E-state index in [1.54, 1.807) is 6.20 Å². The van der Waals surface area contributed by atoms with Crippen molar-refractivity contribution < 1.29 is 17.2 Å². The van der Waals surface area contributed by atoms with Gasteiger partial charge in [0, 0.05) is 17.6 Å². The van der Waals surface area contributed by atoms with Gasteiger partial charge in [-0.25, -0.2) is 27.2 Å². The van der Waals surface area contributed by atoms with Crippen LogP contribution in [0, 0.1) is 11.6 Å². The molecular formula is C26H29F2N7O2S. The van der Waals surface area contributed by atoms with Gasteiger partial charge in [-0.1, -0.05) is 12.1 Å². The summed E-state index contributed by atoms with van der Waals surface area (Å²) < 4.78 is 55.2. The summed E-state index contributed by atoms with van der Waals surface area (Å²) in [7, 11) is 0.267. The van der Waals surface area contributed by atoms with E-state index >= 15 is 0 Å². The lowest BCUT2D eigenvalue weighted by Crippen LogP contribution is -2.36. The molecule has 0 radical (unpaired) electrons. The molecular weight excluding hydrogens is 512 g/mol. The van der Waals surface area contributed by atoms with Gasteiger partial charge in [0.1, 0.15) is 23.0 Å². The van der Waals surface area contributed by atoms with Gasteiger partial charge in [-0.05, 0) is 75.7 Å². The Kier molecular flexibility index (Phi) is 7.26. The van der Waals surface area contributed by atoms with Gasteiger partial charge in [-0.2, -0.15) is 4.98 Å². The summed E-state index contributed by atoms with van der Waals surface area (Å²) in [6, 6.07) is 10.0. The van der Waals surface area contributed by atoms with E-state index in [0.29, 0.717) is 46.1 Å². The summed E-state index contributed by atoms with van der Waals surface area (Å²) in [5.74, 6) is -0.732. The number of sulfonamides is 1. The number of anilines is 2. The second-order valence-corrected chi connectivity index (χ2v) is 11.5. The fourth-order valence-electron chi connectivity index (χ4n) is 4.69. The van der Waals surface area contributed by atoms with E-state index in [4.69, 9.17) is 0 Å². The van der Waals surface area contributed by atoms with Crippen molar-refractivity contribution in [3.05, 3.63) is 65.9 Å². The molecule has 0 unspecified atom stereocenters. The Hall–Kier alpha value is -3.64. The van der Waals surface area contributed by atoms with Crippen molar-refractivity contribution >= 4 is 32.8 Å². The van der Waals surface area contributed by atoms with Crippen LogP contribution in [0.2, 0.25) is 0 Å². The highest BCUT2D eigenvalue weighted by Gasteiger charge is 2.23. The number of nitrogens with one attached hydrogen (secondary N) is 3. The number of aromatic nitrogens is 4. The minimum Gasteiger partial charge on any atom is -0.351 e. The maximum atomic E-state index is 14.5. The Morgan fingerprint density at radius 3 is 2.47 bits per heavy atom. The smallest absolute Gasteiger partial charge is 0.237 e. The summed E-state index contributed by atoms with van der Waals surface area (Å²) in [6.07, 6.45) is 5.93. The van der Waals surface area contributed by atoms with Crippen molar-refractivity contribution in [3.63, 3.8) is 0 Å². The SMILES string of the molecule is CN(C)C1CCC(Nc2ncc3[nH]c(-c4ccc(F)c(NS(=O)(=O)Cc5ccc(F)cc5)c4)nc3n2)CC1. The standard InChI is InChI=1S/C26H29F2N7O2S/c1-35(2)20-10-8-19(9-11-20)30-26-29-14-23-25(33-26)32-24(31-23)17-5-12-21(28)22(13-17)34-38(36,37)15-16-3-6-18(27)7-4-16/h3-7,12-14,19-20,34H,8-11,15H2,1-2H3,(H2,29,30,31,32,33). The number of aromatic amines is 1. The highest BCUT2D eigenvalue weighted by molar-refractivity contribution is 7.91. The maximum Gasteiger partial charge on any atom is 0.237 e. The normalized spacial score (nSPS) is 18.1. The van der Waals surface area contributed by atoms with E-state index in [2.05, 4.69) is 49.0 Å². The quantitative estimate of drug-likeness (QED) is 0.300. The number of nitrogens with zero attached hydrogens (tertiary/aromatic N) is 4. The second kappa shape index (κ2) is 10.6. The van der Waals surface area contributed by atoms with Crippen molar-refractivity contribution in [2.75, 3.05) is 24.1 Å². The van der Waals surface area contributed by atoms with Crippen molar-refractivity contribution in [1.82, 2.24) is 24.8 Å². The molecule has 38 heavy (non-hydrogen) atoms. The van der Waals surface area contributed by atoms with Gasteiger partial charge in [0.25, 0.3) is 0 Å². The molecule has 5 rings (SSSR count). The second-order valence-electron chi connectivity index (χ2n) is 9.81. The monoisotopic (exact) mass is 541 g/mol. The molecule has 0 amide bonds. The van der Waals surface area contributed by atoms with Crippen LogP contribution in [-0.2, 0) is 15.8 Å². The average Bonchev–Trinajstić information content (AvgIpc) is 3.30. The van der Waals surface area contributed by atoms with E-state index in [9.17, 15) is 17.2 Å². The van der Waals surface area contributed by atoms with E-state index in [-0.39, 0.29) is 5.69 Å². The van der Waals surface area contributed by atoms with Gasteiger partial charge in [-0.3, -0.25) is 4.72 Å². The number of hydrogen-bond acceptors (Lipinski definition) is 7. The molecule has 3 N–H and O–H groups in total. The number of halogens is 2. The number of imidazole rings is 1. The predicted molar refractivity (Wildman–Crippen MR) is 143 cm³/mol. The van der Waals surface area contributed by atoms with Crippen molar-refractivity contribution in [2.45, 2.75) is 43.5 Å². The van der Waals surface area contributed by atoms with Gasteiger partial charge in [0.2, 0.25) is 16.0 Å². The molecule has 0 atom stereocenters. The molecule has 12 heteroatoms. The first-order chi connectivity index (χ1) is 18.1. The molecule has 9 nitrogen and oxygen atoms in total. The molecule has 0 bridgehead atoms. The number of H-pyrrole nitrogens is 1. The fourth-order valence-corrected chi connectivity index (χ4v) is 5.88. The molecule has 0 spiro atoms. The molecule has 1 saturated carbocycles. The largest absolute Gasteiger partial charge is 0.351 e. The molecule has 0 saturated heterocycles. The van der Waals surface area contributed by atoms with Gasteiger partial charge >= 0.3 is 0 Å². The fraction of sp³-hybridized carbons (Fsp3) is 0.346. The first kappa shape index (κ1) is 26.0. The highest BCUT2D eigenvalue weighted by Crippen LogP contribution is 2.27. The third kappa shape index (κ3) is 6.08. The Morgan fingerprint density at radius 2 is 1.76 bits per heavy atom. The number of benzene rings is 2. The van der Waals surface area contributed by atoms with Crippen LogP contribution in [0.4, 0.5) is 20.4 Å². The van der Waals surface area contributed by atoms with Crippen molar-refractivity contribution in [2.24, 2.45) is 0 Å². The number of fused-ring (bicyclic) bond motifs is 1. The molecule has 2 heterocycles. The van der Waals surface area contributed by atoms with E-state index in [0.717, 1.165) is 25.7 Å². The summed E-state index contributed by atoms with van der Waals surface area (Å²) in [6.45, 7) is 0. The van der Waals surface area contributed by atoms with Crippen LogP contribution in [0.15, 0.2) is 48.7 Å².